The van der Waals surface area contributed by atoms with Gasteiger partial charge in [-0.05, 0) is 36.6 Å². The van der Waals surface area contributed by atoms with Crippen molar-refractivity contribution in [2.24, 2.45) is 11.3 Å². The first-order valence-corrected chi connectivity index (χ1v) is 8.08. The Bertz CT molecular complexity index is 782. The number of pyridine rings is 1. The number of aromatic nitrogens is 1. The number of hydrogen-bond donors (Lipinski definition) is 1. The number of carboxylic acids is 1. The second-order valence-electron chi connectivity index (χ2n) is 6.37. The summed E-state index contributed by atoms with van der Waals surface area (Å²) < 4.78 is 5.50. The quantitative estimate of drug-likeness (QED) is 0.916. The van der Waals surface area contributed by atoms with Gasteiger partial charge < -0.3 is 14.7 Å². The van der Waals surface area contributed by atoms with Crippen molar-refractivity contribution in [3.63, 3.8) is 0 Å². The summed E-state index contributed by atoms with van der Waals surface area (Å²) in [5, 5.41) is 11.4. The van der Waals surface area contributed by atoms with Gasteiger partial charge in [-0.2, -0.15) is 0 Å². The fourth-order valence-electron chi connectivity index (χ4n) is 3.85. The molecule has 0 saturated carbocycles. The Morgan fingerprint density at radius 2 is 2.30 bits per heavy atom. The van der Waals surface area contributed by atoms with Gasteiger partial charge >= 0.3 is 5.97 Å². The van der Waals surface area contributed by atoms with Crippen molar-refractivity contribution in [1.29, 1.82) is 0 Å². The molecule has 1 aromatic heterocycles. The summed E-state index contributed by atoms with van der Waals surface area (Å²) >= 11 is 6.14. The Morgan fingerprint density at radius 1 is 1.43 bits per heavy atom. The van der Waals surface area contributed by atoms with E-state index in [-0.39, 0.29) is 12.5 Å². The van der Waals surface area contributed by atoms with Gasteiger partial charge in [0.15, 0.2) is 0 Å². The molecule has 6 heteroatoms. The highest BCUT2D eigenvalue weighted by atomic mass is 35.5. The predicted molar refractivity (Wildman–Crippen MR) is 88.0 cm³/mol. The second-order valence-corrected chi connectivity index (χ2v) is 6.81. The molecule has 23 heavy (non-hydrogen) atoms. The molecular weight excluding hydrogens is 316 g/mol. The van der Waals surface area contributed by atoms with Gasteiger partial charge in [-0.25, -0.2) is 0 Å². The summed E-state index contributed by atoms with van der Waals surface area (Å²) in [6.45, 7) is 2.10. The van der Waals surface area contributed by atoms with Gasteiger partial charge in [0.05, 0.1) is 12.1 Å². The van der Waals surface area contributed by atoms with Crippen molar-refractivity contribution in [3.05, 3.63) is 35.5 Å². The van der Waals surface area contributed by atoms with E-state index in [0.29, 0.717) is 18.2 Å². The molecule has 3 heterocycles. The summed E-state index contributed by atoms with van der Waals surface area (Å²) in [6, 6.07) is 7.54. The molecule has 2 atom stereocenters. The van der Waals surface area contributed by atoms with E-state index in [2.05, 4.69) is 9.88 Å². The number of anilines is 1. The topological polar surface area (TPSA) is 62.7 Å². The van der Waals surface area contributed by atoms with E-state index in [1.54, 1.807) is 6.20 Å². The standard InChI is InChI=1S/C17H17ClN2O3/c18-12-1-2-14-13(7-12)15(3-5-19-14)20-8-11-4-6-23-10-17(11,9-20)16(21)22/h1-3,5,7,11H,4,6,8-10H2,(H,21,22)/t11-,17+/m0/s1. The highest BCUT2D eigenvalue weighted by molar-refractivity contribution is 6.31. The molecule has 0 aliphatic carbocycles. The van der Waals surface area contributed by atoms with Crippen molar-refractivity contribution < 1.29 is 14.6 Å². The maximum Gasteiger partial charge on any atom is 0.314 e. The number of carboxylic acid groups (broad SMARTS) is 1. The minimum absolute atomic E-state index is 0.108. The first kappa shape index (κ1) is 14.7. The molecule has 2 aliphatic heterocycles. The van der Waals surface area contributed by atoms with Crippen LogP contribution < -0.4 is 4.90 Å². The molecule has 2 aliphatic rings. The zero-order valence-corrected chi connectivity index (χ0v) is 13.3. The molecule has 0 radical (unpaired) electrons. The highest BCUT2D eigenvalue weighted by Gasteiger charge is 2.54. The van der Waals surface area contributed by atoms with Crippen LogP contribution in [0.15, 0.2) is 30.5 Å². The van der Waals surface area contributed by atoms with E-state index >= 15 is 0 Å². The predicted octanol–water partition coefficient (Wildman–Crippen LogP) is 2.82. The van der Waals surface area contributed by atoms with Crippen molar-refractivity contribution >= 4 is 34.2 Å². The van der Waals surface area contributed by atoms with E-state index in [9.17, 15) is 9.90 Å². The van der Waals surface area contributed by atoms with Gasteiger partial charge in [-0.3, -0.25) is 9.78 Å². The average Bonchev–Trinajstić information content (AvgIpc) is 2.95. The van der Waals surface area contributed by atoms with Crippen LogP contribution in [-0.2, 0) is 9.53 Å². The van der Waals surface area contributed by atoms with Gasteiger partial charge in [-0.1, -0.05) is 11.6 Å². The van der Waals surface area contributed by atoms with Gasteiger partial charge in [0.1, 0.15) is 5.41 Å². The van der Waals surface area contributed by atoms with Gasteiger partial charge in [0, 0.05) is 42.0 Å². The first-order chi connectivity index (χ1) is 11.1. The van der Waals surface area contributed by atoms with E-state index in [0.717, 1.165) is 29.6 Å². The van der Waals surface area contributed by atoms with E-state index < -0.39 is 11.4 Å². The Balaban J connectivity index is 1.78. The fraction of sp³-hybridized carbons (Fsp3) is 0.412. The number of halogens is 1. The lowest BCUT2D eigenvalue weighted by atomic mass is 9.76. The van der Waals surface area contributed by atoms with E-state index in [1.165, 1.54) is 0 Å². The van der Waals surface area contributed by atoms with Crippen molar-refractivity contribution in [2.45, 2.75) is 6.42 Å². The number of carbonyl (C=O) groups is 1. The molecule has 120 valence electrons. The van der Waals surface area contributed by atoms with Crippen LogP contribution in [0, 0.1) is 11.3 Å². The summed E-state index contributed by atoms with van der Waals surface area (Å²) in [4.78, 5) is 18.4. The molecule has 0 unspecified atom stereocenters. The molecule has 1 N–H and O–H groups in total. The van der Waals surface area contributed by atoms with Crippen LogP contribution in [0.4, 0.5) is 5.69 Å². The summed E-state index contributed by atoms with van der Waals surface area (Å²) in [6.07, 6.45) is 2.55. The fourth-order valence-corrected chi connectivity index (χ4v) is 4.03. The SMILES string of the molecule is O=C(O)[C@]12COCC[C@H]1CN(c1ccnc3ccc(Cl)cc13)C2. The lowest BCUT2D eigenvalue weighted by molar-refractivity contribution is -0.159. The molecule has 0 spiro atoms. The van der Waals surface area contributed by atoms with Crippen LogP contribution in [0.1, 0.15) is 6.42 Å². The van der Waals surface area contributed by atoms with Gasteiger partial charge in [0.25, 0.3) is 0 Å². The molecular formula is C17H17ClN2O3. The number of fused-ring (bicyclic) bond motifs is 2. The molecule has 0 amide bonds. The molecule has 2 fully saturated rings. The minimum Gasteiger partial charge on any atom is -0.481 e. The first-order valence-electron chi connectivity index (χ1n) is 7.70. The van der Waals surface area contributed by atoms with E-state index in [1.807, 2.05) is 24.3 Å². The zero-order valence-electron chi connectivity index (χ0n) is 12.5. The summed E-state index contributed by atoms with van der Waals surface area (Å²) in [5.41, 5.74) is 1.04. The Labute approximate surface area is 138 Å². The molecule has 1 aromatic carbocycles. The van der Waals surface area contributed by atoms with Crippen LogP contribution >= 0.6 is 11.6 Å². The van der Waals surface area contributed by atoms with E-state index in [4.69, 9.17) is 16.3 Å². The van der Waals surface area contributed by atoms with Crippen LogP contribution in [0.2, 0.25) is 5.02 Å². The normalized spacial score (nSPS) is 27.2. The zero-order chi connectivity index (χ0) is 16.0. The maximum absolute atomic E-state index is 11.9. The summed E-state index contributed by atoms with van der Waals surface area (Å²) in [7, 11) is 0. The van der Waals surface area contributed by atoms with Crippen LogP contribution in [0.25, 0.3) is 10.9 Å². The Morgan fingerprint density at radius 3 is 3.09 bits per heavy atom. The molecule has 2 saturated heterocycles. The maximum atomic E-state index is 11.9. The third kappa shape index (κ3) is 2.26. The van der Waals surface area contributed by atoms with Gasteiger partial charge in [-0.15, -0.1) is 0 Å². The second kappa shape index (κ2) is 5.35. The lowest BCUT2D eigenvalue weighted by Crippen LogP contribution is -2.46. The number of hydrogen-bond acceptors (Lipinski definition) is 4. The Kier molecular flexibility index (Phi) is 3.43. The number of rotatable bonds is 2. The summed E-state index contributed by atoms with van der Waals surface area (Å²) in [5.74, 6) is -0.655. The molecule has 5 nitrogen and oxygen atoms in total. The average molecular weight is 333 g/mol. The lowest BCUT2D eigenvalue weighted by Gasteiger charge is -2.33. The Hall–Kier alpha value is -1.85. The smallest absolute Gasteiger partial charge is 0.314 e. The van der Waals surface area contributed by atoms with Crippen LogP contribution in [-0.4, -0.2) is 42.4 Å². The monoisotopic (exact) mass is 332 g/mol. The van der Waals surface area contributed by atoms with Crippen LogP contribution in [0.5, 0.6) is 0 Å². The highest BCUT2D eigenvalue weighted by Crippen LogP contribution is 2.44. The van der Waals surface area contributed by atoms with Crippen molar-refractivity contribution in [1.82, 2.24) is 4.98 Å². The molecule has 0 bridgehead atoms. The number of benzene rings is 1. The largest absolute Gasteiger partial charge is 0.481 e. The molecule has 2 aromatic rings. The van der Waals surface area contributed by atoms with Crippen LogP contribution in [0.3, 0.4) is 0 Å². The third-order valence-corrected chi connectivity index (χ3v) is 5.35. The van der Waals surface area contributed by atoms with Gasteiger partial charge in [0.2, 0.25) is 0 Å². The number of nitrogens with zero attached hydrogens (tertiary/aromatic N) is 2. The van der Waals surface area contributed by atoms with Crippen molar-refractivity contribution in [3.8, 4) is 0 Å². The minimum atomic E-state index is -0.813. The number of ether oxygens (including phenoxy) is 1. The van der Waals surface area contributed by atoms with Crippen molar-refractivity contribution in [2.75, 3.05) is 31.2 Å². The molecule has 4 rings (SSSR count). The number of aliphatic carboxylic acids is 1. The third-order valence-electron chi connectivity index (χ3n) is 5.11.